The normalized spacial score (nSPS) is 12.4. The maximum Gasteiger partial charge on any atom is 0.408 e. The SMILES string of the molecule is CON(C)C(=O)[C@H](Cc1ccccc1Br)NC(=O)OC(C)(C)C. The second-order valence-corrected chi connectivity index (χ2v) is 6.87. The number of amides is 2. The summed E-state index contributed by atoms with van der Waals surface area (Å²) in [5.74, 6) is -0.367. The Bertz CT molecular complexity index is 557. The van der Waals surface area contributed by atoms with Crippen molar-refractivity contribution in [2.45, 2.75) is 38.8 Å². The molecule has 0 saturated heterocycles. The standard InChI is InChI=1S/C16H23BrN2O4/c1-16(2,3)23-15(21)18-13(14(20)19(4)22-5)10-11-8-6-7-9-12(11)17/h6-9,13H,10H2,1-5H3,(H,18,21)/t13-/m0/s1. The molecule has 1 aromatic rings. The number of nitrogens with one attached hydrogen (secondary N) is 1. The van der Waals surface area contributed by atoms with Crippen molar-refractivity contribution in [3.8, 4) is 0 Å². The highest BCUT2D eigenvalue weighted by molar-refractivity contribution is 9.10. The van der Waals surface area contributed by atoms with Crippen LogP contribution in [-0.2, 0) is 20.8 Å². The lowest BCUT2D eigenvalue weighted by Crippen LogP contribution is -2.49. The molecule has 0 aliphatic carbocycles. The third-order valence-corrected chi connectivity index (χ3v) is 3.73. The lowest BCUT2D eigenvalue weighted by molar-refractivity contribution is -0.171. The van der Waals surface area contributed by atoms with E-state index in [-0.39, 0.29) is 5.91 Å². The van der Waals surface area contributed by atoms with Crippen LogP contribution < -0.4 is 5.32 Å². The van der Waals surface area contributed by atoms with Gasteiger partial charge in [0.1, 0.15) is 11.6 Å². The van der Waals surface area contributed by atoms with Crippen LogP contribution in [0, 0.1) is 0 Å². The molecule has 1 rings (SSSR count). The summed E-state index contributed by atoms with van der Waals surface area (Å²) in [4.78, 5) is 29.3. The van der Waals surface area contributed by atoms with Gasteiger partial charge in [-0.15, -0.1) is 0 Å². The van der Waals surface area contributed by atoms with Crippen LogP contribution in [0.25, 0.3) is 0 Å². The number of alkyl carbamates (subject to hydrolysis) is 1. The molecule has 23 heavy (non-hydrogen) atoms. The molecule has 0 saturated carbocycles. The van der Waals surface area contributed by atoms with Gasteiger partial charge in [-0.1, -0.05) is 34.1 Å². The van der Waals surface area contributed by atoms with Gasteiger partial charge in [0, 0.05) is 17.9 Å². The molecule has 0 radical (unpaired) electrons. The quantitative estimate of drug-likeness (QED) is 0.789. The Kier molecular flexibility index (Phi) is 7.02. The number of benzene rings is 1. The number of hydrogen-bond acceptors (Lipinski definition) is 4. The summed E-state index contributed by atoms with van der Waals surface area (Å²) in [5.41, 5.74) is 0.254. The van der Waals surface area contributed by atoms with Crippen LogP contribution in [0.3, 0.4) is 0 Å². The van der Waals surface area contributed by atoms with Gasteiger partial charge >= 0.3 is 6.09 Å². The predicted octanol–water partition coefficient (Wildman–Crippen LogP) is 2.90. The van der Waals surface area contributed by atoms with Gasteiger partial charge in [-0.2, -0.15) is 0 Å². The van der Waals surface area contributed by atoms with E-state index >= 15 is 0 Å². The Balaban J connectivity index is 2.92. The smallest absolute Gasteiger partial charge is 0.408 e. The summed E-state index contributed by atoms with van der Waals surface area (Å²) in [6.45, 7) is 5.29. The maximum absolute atomic E-state index is 12.4. The van der Waals surface area contributed by atoms with Crippen molar-refractivity contribution in [3.05, 3.63) is 34.3 Å². The summed E-state index contributed by atoms with van der Waals surface area (Å²) < 4.78 is 6.09. The molecule has 0 bridgehead atoms. The number of likely N-dealkylation sites (N-methyl/N-ethyl adjacent to an activating group) is 1. The molecule has 0 aliphatic rings. The molecule has 0 heterocycles. The summed E-state index contributed by atoms with van der Waals surface area (Å²) in [7, 11) is 2.88. The number of carbonyl (C=O) groups is 2. The molecule has 1 aromatic carbocycles. The van der Waals surface area contributed by atoms with Gasteiger partial charge in [-0.25, -0.2) is 9.86 Å². The van der Waals surface area contributed by atoms with Crippen LogP contribution >= 0.6 is 15.9 Å². The van der Waals surface area contributed by atoms with Crippen LogP contribution in [0.1, 0.15) is 26.3 Å². The second kappa shape index (κ2) is 8.31. The lowest BCUT2D eigenvalue weighted by atomic mass is 10.1. The number of hydroxylamine groups is 2. The molecule has 2 amide bonds. The molecule has 6 nitrogen and oxygen atoms in total. The number of halogens is 1. The van der Waals surface area contributed by atoms with Crippen LogP contribution in [0.4, 0.5) is 4.79 Å². The Labute approximate surface area is 145 Å². The number of ether oxygens (including phenoxy) is 1. The van der Waals surface area contributed by atoms with Crippen molar-refractivity contribution in [3.63, 3.8) is 0 Å². The highest BCUT2D eigenvalue weighted by atomic mass is 79.9. The van der Waals surface area contributed by atoms with E-state index in [4.69, 9.17) is 9.57 Å². The zero-order valence-corrected chi connectivity index (χ0v) is 15.6. The third kappa shape index (κ3) is 6.58. The van der Waals surface area contributed by atoms with Gasteiger partial charge in [0.15, 0.2) is 0 Å². The first-order valence-corrected chi connectivity index (χ1v) is 7.98. The van der Waals surface area contributed by atoms with Crippen molar-refractivity contribution in [2.75, 3.05) is 14.2 Å². The van der Waals surface area contributed by atoms with Crippen molar-refractivity contribution in [1.29, 1.82) is 0 Å². The minimum Gasteiger partial charge on any atom is -0.444 e. The molecular formula is C16H23BrN2O4. The van der Waals surface area contributed by atoms with E-state index in [0.717, 1.165) is 15.1 Å². The Hall–Kier alpha value is -1.60. The molecule has 0 unspecified atom stereocenters. The largest absolute Gasteiger partial charge is 0.444 e. The topological polar surface area (TPSA) is 67.9 Å². The summed E-state index contributed by atoms with van der Waals surface area (Å²) in [6, 6.07) is 6.72. The zero-order chi connectivity index (χ0) is 17.6. The van der Waals surface area contributed by atoms with Crippen LogP contribution in [0.2, 0.25) is 0 Å². The molecule has 128 valence electrons. The lowest BCUT2D eigenvalue weighted by Gasteiger charge is -2.25. The third-order valence-electron chi connectivity index (χ3n) is 2.96. The van der Waals surface area contributed by atoms with Gasteiger partial charge in [0.2, 0.25) is 0 Å². The molecule has 0 aromatic heterocycles. The number of hydrogen-bond donors (Lipinski definition) is 1. The fourth-order valence-electron chi connectivity index (χ4n) is 1.84. The Morgan fingerprint density at radius 3 is 2.43 bits per heavy atom. The van der Waals surface area contributed by atoms with Gasteiger partial charge in [0.05, 0.1) is 7.11 Å². The van der Waals surface area contributed by atoms with E-state index < -0.39 is 17.7 Å². The van der Waals surface area contributed by atoms with Crippen molar-refractivity contribution in [2.24, 2.45) is 0 Å². The number of nitrogens with zero attached hydrogens (tertiary/aromatic N) is 1. The van der Waals surface area contributed by atoms with E-state index in [1.54, 1.807) is 20.8 Å². The highest BCUT2D eigenvalue weighted by Gasteiger charge is 2.27. The van der Waals surface area contributed by atoms with Crippen molar-refractivity contribution >= 4 is 27.9 Å². The van der Waals surface area contributed by atoms with Crippen molar-refractivity contribution < 1.29 is 19.2 Å². The van der Waals surface area contributed by atoms with Gasteiger partial charge in [0.25, 0.3) is 5.91 Å². The monoisotopic (exact) mass is 386 g/mol. The minimum absolute atomic E-state index is 0.313. The first-order chi connectivity index (χ1) is 10.6. The molecule has 0 spiro atoms. The number of rotatable bonds is 5. The van der Waals surface area contributed by atoms with Crippen LogP contribution in [-0.4, -0.2) is 42.9 Å². The summed E-state index contributed by atoms with van der Waals surface area (Å²) in [6.07, 6.45) is -0.333. The molecule has 0 aliphatic heterocycles. The minimum atomic E-state index is -0.798. The molecule has 1 N–H and O–H groups in total. The second-order valence-electron chi connectivity index (χ2n) is 6.01. The van der Waals surface area contributed by atoms with Gasteiger partial charge in [-0.05, 0) is 32.4 Å². The average Bonchev–Trinajstić information content (AvgIpc) is 2.45. The zero-order valence-electron chi connectivity index (χ0n) is 14.1. The number of carbonyl (C=O) groups excluding carboxylic acids is 2. The van der Waals surface area contributed by atoms with E-state index in [9.17, 15) is 9.59 Å². The van der Waals surface area contributed by atoms with E-state index in [1.165, 1.54) is 14.2 Å². The Morgan fingerprint density at radius 1 is 1.30 bits per heavy atom. The van der Waals surface area contributed by atoms with Crippen LogP contribution in [0.5, 0.6) is 0 Å². The molecule has 7 heteroatoms. The molecule has 1 atom stereocenters. The summed E-state index contributed by atoms with van der Waals surface area (Å²) in [5, 5.41) is 3.69. The van der Waals surface area contributed by atoms with E-state index in [0.29, 0.717) is 6.42 Å². The fourth-order valence-corrected chi connectivity index (χ4v) is 2.29. The Morgan fingerprint density at radius 2 is 1.91 bits per heavy atom. The first kappa shape index (κ1) is 19.4. The summed E-state index contributed by atoms with van der Waals surface area (Å²) >= 11 is 3.44. The fraction of sp³-hybridized carbons (Fsp3) is 0.500. The highest BCUT2D eigenvalue weighted by Crippen LogP contribution is 2.18. The van der Waals surface area contributed by atoms with Crippen molar-refractivity contribution in [1.82, 2.24) is 10.4 Å². The molecule has 0 fully saturated rings. The van der Waals surface area contributed by atoms with Gasteiger partial charge in [-0.3, -0.25) is 9.63 Å². The van der Waals surface area contributed by atoms with Gasteiger partial charge < -0.3 is 10.1 Å². The first-order valence-electron chi connectivity index (χ1n) is 7.18. The van der Waals surface area contributed by atoms with E-state index in [2.05, 4.69) is 21.2 Å². The van der Waals surface area contributed by atoms with E-state index in [1.807, 2.05) is 24.3 Å². The maximum atomic E-state index is 12.4. The predicted molar refractivity (Wildman–Crippen MR) is 90.8 cm³/mol. The average molecular weight is 387 g/mol. The molecular weight excluding hydrogens is 364 g/mol. The van der Waals surface area contributed by atoms with Crippen LogP contribution in [0.15, 0.2) is 28.7 Å².